The van der Waals surface area contributed by atoms with E-state index in [0.29, 0.717) is 0 Å². The molecule has 0 fully saturated rings. The minimum atomic E-state index is 0.858. The van der Waals surface area contributed by atoms with Crippen molar-refractivity contribution in [3.63, 3.8) is 0 Å². The summed E-state index contributed by atoms with van der Waals surface area (Å²) in [5, 5.41) is 11.6. The number of nitrogens with one attached hydrogen (secondary N) is 1. The highest BCUT2D eigenvalue weighted by Gasteiger charge is 2.06. The quantitative estimate of drug-likeness (QED) is 0.891. The van der Waals surface area contributed by atoms with Gasteiger partial charge in [-0.1, -0.05) is 13.3 Å². The first kappa shape index (κ1) is 13.3. The number of benzene rings is 1. The van der Waals surface area contributed by atoms with Crippen LogP contribution in [0.2, 0.25) is 0 Å². The number of aromatic nitrogens is 2. The van der Waals surface area contributed by atoms with Crippen LogP contribution >= 0.6 is 0 Å². The molecule has 4 nitrogen and oxygen atoms in total. The van der Waals surface area contributed by atoms with Crippen LogP contribution in [0.15, 0.2) is 36.4 Å². The molecule has 1 aromatic heterocycles. The molecule has 0 aliphatic heterocycles. The van der Waals surface area contributed by atoms with Gasteiger partial charge in [0.15, 0.2) is 5.82 Å². The van der Waals surface area contributed by atoms with E-state index in [1.807, 2.05) is 43.3 Å². The van der Waals surface area contributed by atoms with Crippen LogP contribution < -0.4 is 10.2 Å². The van der Waals surface area contributed by atoms with E-state index in [1.54, 1.807) is 0 Å². The first-order valence-electron chi connectivity index (χ1n) is 6.58. The van der Waals surface area contributed by atoms with E-state index in [1.165, 1.54) is 0 Å². The normalized spacial score (nSPS) is 10.3. The molecule has 0 amide bonds. The highest BCUT2D eigenvalue weighted by molar-refractivity contribution is 5.61. The van der Waals surface area contributed by atoms with Crippen molar-refractivity contribution in [1.82, 2.24) is 10.2 Å². The van der Waals surface area contributed by atoms with E-state index in [0.717, 1.165) is 35.7 Å². The Morgan fingerprint density at radius 2 is 1.79 bits per heavy atom. The van der Waals surface area contributed by atoms with Crippen molar-refractivity contribution >= 4 is 17.2 Å². The third-order valence-corrected chi connectivity index (χ3v) is 3.10. The van der Waals surface area contributed by atoms with Crippen LogP contribution in [0.4, 0.5) is 17.2 Å². The fourth-order valence-electron chi connectivity index (χ4n) is 1.91. The third kappa shape index (κ3) is 3.22. The Kier molecular flexibility index (Phi) is 4.34. The smallest absolute Gasteiger partial charge is 0.155 e. The molecule has 4 heteroatoms. The molecule has 0 bridgehead atoms. The van der Waals surface area contributed by atoms with E-state index in [9.17, 15) is 0 Å². The number of hydrogen-bond donors (Lipinski definition) is 1. The molecule has 0 atom stereocenters. The molecule has 19 heavy (non-hydrogen) atoms. The molecular formula is C15H20N4. The molecule has 100 valence electrons. The number of anilines is 3. The van der Waals surface area contributed by atoms with Gasteiger partial charge in [0.25, 0.3) is 0 Å². The summed E-state index contributed by atoms with van der Waals surface area (Å²) < 4.78 is 0. The van der Waals surface area contributed by atoms with Gasteiger partial charge in [0, 0.05) is 25.5 Å². The summed E-state index contributed by atoms with van der Waals surface area (Å²) in [6.07, 6.45) is 2.07. The maximum absolute atomic E-state index is 4.28. The molecule has 0 unspecified atom stereocenters. The second-order valence-electron chi connectivity index (χ2n) is 4.49. The lowest BCUT2D eigenvalue weighted by Crippen LogP contribution is -2.12. The number of nitrogens with zero attached hydrogens (tertiary/aromatic N) is 3. The Morgan fingerprint density at radius 3 is 2.32 bits per heavy atom. The molecule has 0 saturated heterocycles. The minimum absolute atomic E-state index is 0.858. The summed E-state index contributed by atoms with van der Waals surface area (Å²) >= 11 is 0. The van der Waals surface area contributed by atoms with Crippen molar-refractivity contribution in [2.45, 2.75) is 19.8 Å². The zero-order valence-electron chi connectivity index (χ0n) is 11.7. The Balaban J connectivity index is 2.15. The maximum atomic E-state index is 4.28. The predicted octanol–water partition coefficient (Wildman–Crippen LogP) is 3.24. The van der Waals surface area contributed by atoms with E-state index in [4.69, 9.17) is 0 Å². The van der Waals surface area contributed by atoms with E-state index >= 15 is 0 Å². The van der Waals surface area contributed by atoms with Gasteiger partial charge in [0.05, 0.1) is 5.69 Å². The van der Waals surface area contributed by atoms with Gasteiger partial charge >= 0.3 is 0 Å². The van der Waals surface area contributed by atoms with Crippen LogP contribution in [0.25, 0.3) is 0 Å². The molecule has 0 aliphatic rings. The van der Waals surface area contributed by atoms with E-state index in [-0.39, 0.29) is 0 Å². The Bertz CT molecular complexity index is 505. The number of aryl methyl sites for hydroxylation is 1. The zero-order valence-corrected chi connectivity index (χ0v) is 11.7. The summed E-state index contributed by atoms with van der Waals surface area (Å²) in [6, 6.07) is 12.3. The lowest BCUT2D eigenvalue weighted by molar-refractivity contribution is 0.834. The Hall–Kier alpha value is -2.10. The van der Waals surface area contributed by atoms with Crippen LogP contribution in [0.5, 0.6) is 0 Å². The number of rotatable bonds is 5. The average molecular weight is 256 g/mol. The summed E-state index contributed by atoms with van der Waals surface area (Å²) in [6.45, 7) is 2.14. The largest absolute Gasteiger partial charge is 0.388 e. The molecular weight excluding hydrogens is 236 g/mol. The SMILES string of the molecule is CCCc1ccc(N(C)c2ccc(NC)cc2)nn1. The summed E-state index contributed by atoms with van der Waals surface area (Å²) in [7, 11) is 3.91. The van der Waals surface area contributed by atoms with Crippen LogP contribution in [0.3, 0.4) is 0 Å². The molecule has 0 aliphatic carbocycles. The van der Waals surface area contributed by atoms with Crippen LogP contribution in [-0.2, 0) is 6.42 Å². The first-order valence-corrected chi connectivity index (χ1v) is 6.58. The van der Waals surface area contributed by atoms with Crippen molar-refractivity contribution in [3.8, 4) is 0 Å². The van der Waals surface area contributed by atoms with Crippen LogP contribution in [-0.4, -0.2) is 24.3 Å². The average Bonchev–Trinajstić information content (AvgIpc) is 2.48. The maximum Gasteiger partial charge on any atom is 0.155 e. The van der Waals surface area contributed by atoms with Gasteiger partial charge in [0.1, 0.15) is 0 Å². The highest BCUT2D eigenvalue weighted by atomic mass is 15.2. The van der Waals surface area contributed by atoms with Gasteiger partial charge in [-0.25, -0.2) is 0 Å². The topological polar surface area (TPSA) is 41.0 Å². The second kappa shape index (κ2) is 6.18. The highest BCUT2D eigenvalue weighted by Crippen LogP contribution is 2.22. The fraction of sp³-hybridized carbons (Fsp3) is 0.333. The summed E-state index contributed by atoms with van der Waals surface area (Å²) in [5.74, 6) is 0.858. The standard InChI is InChI=1S/C15H20N4/c1-4-5-13-8-11-15(18-17-13)19(3)14-9-6-12(16-2)7-10-14/h6-11,16H,4-5H2,1-3H3. The lowest BCUT2D eigenvalue weighted by atomic mass is 10.2. The summed E-state index contributed by atoms with van der Waals surface area (Å²) in [5.41, 5.74) is 3.24. The van der Waals surface area contributed by atoms with Crippen molar-refractivity contribution in [2.75, 3.05) is 24.3 Å². The molecule has 0 radical (unpaired) electrons. The molecule has 1 aromatic carbocycles. The first-order chi connectivity index (χ1) is 9.24. The van der Waals surface area contributed by atoms with Crippen molar-refractivity contribution in [2.24, 2.45) is 0 Å². The van der Waals surface area contributed by atoms with Crippen LogP contribution in [0.1, 0.15) is 19.0 Å². The van der Waals surface area contributed by atoms with E-state index < -0.39 is 0 Å². The fourth-order valence-corrected chi connectivity index (χ4v) is 1.91. The number of hydrogen-bond acceptors (Lipinski definition) is 4. The molecule has 0 spiro atoms. The van der Waals surface area contributed by atoms with Crippen molar-refractivity contribution in [1.29, 1.82) is 0 Å². The van der Waals surface area contributed by atoms with Gasteiger partial charge < -0.3 is 10.2 Å². The minimum Gasteiger partial charge on any atom is -0.388 e. The van der Waals surface area contributed by atoms with Gasteiger partial charge in [-0.15, -0.1) is 5.10 Å². The van der Waals surface area contributed by atoms with Gasteiger partial charge in [-0.05, 0) is 42.8 Å². The van der Waals surface area contributed by atoms with Crippen LogP contribution in [0, 0.1) is 0 Å². The zero-order chi connectivity index (χ0) is 13.7. The molecule has 1 heterocycles. The predicted molar refractivity (Wildman–Crippen MR) is 80.1 cm³/mol. The van der Waals surface area contributed by atoms with Crippen molar-refractivity contribution in [3.05, 3.63) is 42.1 Å². The van der Waals surface area contributed by atoms with Gasteiger partial charge in [0.2, 0.25) is 0 Å². The monoisotopic (exact) mass is 256 g/mol. The molecule has 1 N–H and O–H groups in total. The molecule has 2 aromatic rings. The van der Waals surface area contributed by atoms with Gasteiger partial charge in [-0.2, -0.15) is 5.10 Å². The molecule has 2 rings (SSSR count). The summed E-state index contributed by atoms with van der Waals surface area (Å²) in [4.78, 5) is 2.03. The third-order valence-electron chi connectivity index (χ3n) is 3.10. The Labute approximate surface area is 114 Å². The van der Waals surface area contributed by atoms with Gasteiger partial charge in [-0.3, -0.25) is 0 Å². The lowest BCUT2D eigenvalue weighted by Gasteiger charge is -2.18. The Morgan fingerprint density at radius 1 is 1.05 bits per heavy atom. The second-order valence-corrected chi connectivity index (χ2v) is 4.49. The molecule has 0 saturated carbocycles. The van der Waals surface area contributed by atoms with E-state index in [2.05, 4.69) is 34.6 Å². The van der Waals surface area contributed by atoms with Crippen molar-refractivity contribution < 1.29 is 0 Å².